The maximum atomic E-state index is 13.8. The number of ether oxygens (including phenoxy) is 1. The van der Waals surface area contributed by atoms with Gasteiger partial charge in [0.25, 0.3) is 0 Å². The first-order valence-electron chi connectivity index (χ1n) is 10.3. The zero-order chi connectivity index (χ0) is 22.0. The van der Waals surface area contributed by atoms with E-state index in [1.165, 1.54) is 12.1 Å². The Kier molecular flexibility index (Phi) is 5.59. The third-order valence-corrected chi connectivity index (χ3v) is 5.96. The molecular weight excluding hydrogens is 393 g/mol. The first kappa shape index (κ1) is 20.8. The van der Waals surface area contributed by atoms with Crippen LogP contribution in [0, 0.1) is 18.2 Å². The van der Waals surface area contributed by atoms with Crippen LogP contribution < -0.4 is 9.64 Å². The summed E-state index contributed by atoms with van der Waals surface area (Å²) < 4.78 is 18.9. The third kappa shape index (κ3) is 3.83. The molecule has 5 heteroatoms. The van der Waals surface area contributed by atoms with Crippen LogP contribution in [0.4, 0.5) is 10.1 Å². The van der Waals surface area contributed by atoms with Gasteiger partial charge in [0.05, 0.1) is 12.8 Å². The van der Waals surface area contributed by atoms with Gasteiger partial charge in [-0.1, -0.05) is 54.1 Å². The lowest BCUT2D eigenvalue weighted by molar-refractivity contribution is -0.123. The number of hydrogen-bond donors (Lipinski definition) is 0. The summed E-state index contributed by atoms with van der Waals surface area (Å²) in [6.45, 7) is 2.35. The van der Waals surface area contributed by atoms with E-state index < -0.39 is 5.41 Å². The highest BCUT2D eigenvalue weighted by molar-refractivity contribution is 6.20. The fourth-order valence-corrected chi connectivity index (χ4v) is 4.24. The molecule has 3 aromatic rings. The van der Waals surface area contributed by atoms with Crippen molar-refractivity contribution >= 4 is 17.4 Å². The molecule has 0 spiro atoms. The average molecular weight is 417 g/mol. The van der Waals surface area contributed by atoms with Crippen molar-refractivity contribution in [2.75, 3.05) is 18.6 Å². The highest BCUT2D eigenvalue weighted by Crippen LogP contribution is 2.43. The average Bonchev–Trinajstić information content (AvgIpc) is 3.12. The fraction of sp³-hybridized carbons (Fsp3) is 0.231. The van der Waals surface area contributed by atoms with Crippen LogP contribution in [0.3, 0.4) is 0 Å². The van der Waals surface area contributed by atoms with Gasteiger partial charge in [0.15, 0.2) is 5.78 Å². The number of anilines is 1. The summed E-state index contributed by atoms with van der Waals surface area (Å²) in [6, 6.07) is 20.6. The number of ketones is 1. The molecule has 4 nitrogen and oxygen atoms in total. The van der Waals surface area contributed by atoms with Gasteiger partial charge >= 0.3 is 0 Å². The fourth-order valence-electron chi connectivity index (χ4n) is 4.24. The number of methoxy groups -OCH3 is 1. The minimum Gasteiger partial charge on any atom is -0.495 e. The van der Waals surface area contributed by atoms with E-state index in [0.29, 0.717) is 30.0 Å². The second-order valence-corrected chi connectivity index (χ2v) is 7.96. The molecular formula is C26H24FNO3. The van der Waals surface area contributed by atoms with Crippen molar-refractivity contribution in [3.05, 3.63) is 95.3 Å². The number of rotatable bonds is 6. The van der Waals surface area contributed by atoms with Gasteiger partial charge in [-0.25, -0.2) is 4.39 Å². The Morgan fingerprint density at radius 2 is 1.71 bits per heavy atom. The quantitative estimate of drug-likeness (QED) is 0.419. The molecule has 158 valence electrons. The summed E-state index contributed by atoms with van der Waals surface area (Å²) >= 11 is 0. The zero-order valence-electron chi connectivity index (χ0n) is 17.6. The minimum atomic E-state index is -1.26. The molecule has 1 aliphatic rings. The number of hydrogen-bond acceptors (Lipinski definition) is 3. The maximum Gasteiger partial charge on any atom is 0.241 e. The SMILES string of the molecule is COc1ccccc1N1CCC(Cc2ccc(F)cc2)(C(=O)c2ccc(C)cc2)C1=O. The predicted molar refractivity (Wildman–Crippen MR) is 118 cm³/mol. The zero-order valence-corrected chi connectivity index (χ0v) is 17.6. The maximum absolute atomic E-state index is 13.8. The van der Waals surface area contributed by atoms with Crippen molar-refractivity contribution in [1.82, 2.24) is 0 Å². The number of halogens is 1. The molecule has 0 N–H and O–H groups in total. The Bertz CT molecular complexity index is 1110. The Morgan fingerprint density at radius 3 is 2.39 bits per heavy atom. The molecule has 1 saturated heterocycles. The van der Waals surface area contributed by atoms with E-state index in [9.17, 15) is 14.0 Å². The van der Waals surface area contributed by atoms with Gasteiger partial charge in [-0.15, -0.1) is 0 Å². The number of carbonyl (C=O) groups excluding carboxylic acids is 2. The number of aryl methyl sites for hydroxylation is 1. The van der Waals surface area contributed by atoms with Crippen LogP contribution >= 0.6 is 0 Å². The van der Waals surface area contributed by atoms with E-state index in [-0.39, 0.29) is 23.9 Å². The lowest BCUT2D eigenvalue weighted by atomic mass is 9.74. The lowest BCUT2D eigenvalue weighted by Gasteiger charge is -2.27. The number of Topliss-reactive ketones (excluding diaryl/α,β-unsaturated/α-hetero) is 1. The molecule has 1 aliphatic heterocycles. The molecule has 0 aliphatic carbocycles. The van der Waals surface area contributed by atoms with E-state index in [2.05, 4.69) is 0 Å². The molecule has 0 radical (unpaired) electrons. The molecule has 1 heterocycles. The molecule has 1 atom stereocenters. The van der Waals surface area contributed by atoms with Crippen molar-refractivity contribution in [3.8, 4) is 5.75 Å². The van der Waals surface area contributed by atoms with Gasteiger partial charge in [0, 0.05) is 12.1 Å². The molecule has 1 amide bonds. The van der Waals surface area contributed by atoms with Gasteiger partial charge in [0.2, 0.25) is 5.91 Å². The topological polar surface area (TPSA) is 46.6 Å². The van der Waals surface area contributed by atoms with Crippen molar-refractivity contribution in [2.24, 2.45) is 5.41 Å². The van der Waals surface area contributed by atoms with E-state index in [1.807, 2.05) is 37.3 Å². The Balaban J connectivity index is 1.77. The molecule has 1 unspecified atom stereocenters. The highest BCUT2D eigenvalue weighted by Gasteiger charge is 2.53. The minimum absolute atomic E-state index is 0.209. The van der Waals surface area contributed by atoms with Crippen LogP contribution in [0.1, 0.15) is 27.9 Å². The summed E-state index contributed by atoms with van der Waals surface area (Å²) in [4.78, 5) is 29.2. The van der Waals surface area contributed by atoms with Crippen molar-refractivity contribution in [3.63, 3.8) is 0 Å². The lowest BCUT2D eigenvalue weighted by Crippen LogP contribution is -2.42. The van der Waals surface area contributed by atoms with Crippen molar-refractivity contribution in [1.29, 1.82) is 0 Å². The first-order valence-corrected chi connectivity index (χ1v) is 10.3. The summed E-state index contributed by atoms with van der Waals surface area (Å²) in [7, 11) is 1.56. The molecule has 31 heavy (non-hydrogen) atoms. The van der Waals surface area contributed by atoms with Crippen LogP contribution in [-0.2, 0) is 11.2 Å². The van der Waals surface area contributed by atoms with Gasteiger partial charge in [-0.3, -0.25) is 9.59 Å². The summed E-state index contributed by atoms with van der Waals surface area (Å²) in [6.07, 6.45) is 0.582. The Hall–Kier alpha value is -3.47. The van der Waals surface area contributed by atoms with Crippen LogP contribution in [0.15, 0.2) is 72.8 Å². The summed E-state index contributed by atoms with van der Waals surface area (Å²) in [5, 5.41) is 0. The van der Waals surface area contributed by atoms with Crippen LogP contribution in [-0.4, -0.2) is 25.3 Å². The summed E-state index contributed by atoms with van der Waals surface area (Å²) in [5.74, 6) is -0.238. The molecule has 0 saturated carbocycles. The van der Waals surface area contributed by atoms with Crippen molar-refractivity contribution < 1.29 is 18.7 Å². The normalized spacial score (nSPS) is 18.3. The van der Waals surface area contributed by atoms with Gasteiger partial charge in [-0.05, 0) is 49.6 Å². The van der Waals surface area contributed by atoms with E-state index in [4.69, 9.17) is 4.74 Å². The first-order chi connectivity index (χ1) is 14.9. The molecule has 3 aromatic carbocycles. The molecule has 0 aromatic heterocycles. The van der Waals surface area contributed by atoms with Gasteiger partial charge in [0.1, 0.15) is 17.0 Å². The molecule has 0 bridgehead atoms. The number of para-hydroxylation sites is 2. The molecule has 4 rings (SSSR count). The molecule has 1 fully saturated rings. The monoisotopic (exact) mass is 417 g/mol. The summed E-state index contributed by atoms with van der Waals surface area (Å²) in [5.41, 5.74) is 1.68. The van der Waals surface area contributed by atoms with Gasteiger partial charge < -0.3 is 9.64 Å². The van der Waals surface area contributed by atoms with E-state index in [0.717, 1.165) is 11.1 Å². The third-order valence-electron chi connectivity index (χ3n) is 5.96. The van der Waals surface area contributed by atoms with Gasteiger partial charge in [-0.2, -0.15) is 0 Å². The second-order valence-electron chi connectivity index (χ2n) is 7.96. The van der Waals surface area contributed by atoms with Crippen LogP contribution in [0.2, 0.25) is 0 Å². The Labute approximate surface area is 181 Å². The van der Waals surface area contributed by atoms with Crippen molar-refractivity contribution in [2.45, 2.75) is 19.8 Å². The van der Waals surface area contributed by atoms with Crippen LogP contribution in [0.5, 0.6) is 5.75 Å². The standard InChI is InChI=1S/C26H24FNO3/c1-18-7-11-20(12-8-18)24(29)26(17-19-9-13-21(27)14-10-19)15-16-28(25(26)30)22-5-3-4-6-23(22)31-2/h3-14H,15-17H2,1-2H3. The number of amides is 1. The number of benzene rings is 3. The smallest absolute Gasteiger partial charge is 0.241 e. The largest absolute Gasteiger partial charge is 0.495 e. The second kappa shape index (κ2) is 8.34. The number of carbonyl (C=O) groups is 2. The van der Waals surface area contributed by atoms with E-state index in [1.54, 1.807) is 42.3 Å². The van der Waals surface area contributed by atoms with Crippen LogP contribution in [0.25, 0.3) is 0 Å². The highest BCUT2D eigenvalue weighted by atomic mass is 19.1. The number of nitrogens with zero attached hydrogens (tertiary/aromatic N) is 1. The predicted octanol–water partition coefficient (Wildman–Crippen LogP) is 4.99. The van der Waals surface area contributed by atoms with E-state index >= 15 is 0 Å². The Morgan fingerprint density at radius 1 is 1.03 bits per heavy atom.